The summed E-state index contributed by atoms with van der Waals surface area (Å²) in [5.41, 5.74) is 3.33. The molecule has 0 unspecified atom stereocenters. The van der Waals surface area contributed by atoms with E-state index in [1.165, 1.54) is 12.1 Å². The second-order valence-electron chi connectivity index (χ2n) is 4.32. The smallest absolute Gasteiger partial charge is 0.406 e. The van der Waals surface area contributed by atoms with E-state index in [4.69, 9.17) is 0 Å². The van der Waals surface area contributed by atoms with Crippen molar-refractivity contribution in [3.05, 3.63) is 53.6 Å². The molecule has 0 saturated heterocycles. The maximum atomic E-state index is 12.1. The van der Waals surface area contributed by atoms with Crippen molar-refractivity contribution in [1.82, 2.24) is 0 Å². The fourth-order valence-electron chi connectivity index (χ4n) is 2.00. The van der Waals surface area contributed by atoms with Gasteiger partial charge in [0.2, 0.25) is 0 Å². The first kappa shape index (κ1) is 14.4. The van der Waals surface area contributed by atoms with Crippen LogP contribution >= 0.6 is 0 Å². The third kappa shape index (κ3) is 3.30. The summed E-state index contributed by atoms with van der Waals surface area (Å²) in [6, 6.07) is 11.1. The summed E-state index contributed by atoms with van der Waals surface area (Å²) >= 11 is 0. The van der Waals surface area contributed by atoms with Crippen molar-refractivity contribution >= 4 is 0 Å². The molecule has 2 aromatic carbocycles. The van der Waals surface area contributed by atoms with E-state index in [0.29, 0.717) is 0 Å². The molecule has 1 N–H and O–H groups in total. The summed E-state index contributed by atoms with van der Waals surface area (Å²) < 4.78 is 40.1. The Kier molecular flexibility index (Phi) is 3.99. The van der Waals surface area contributed by atoms with E-state index >= 15 is 0 Å². The lowest BCUT2D eigenvalue weighted by Gasteiger charge is -2.12. The van der Waals surface area contributed by atoms with Crippen LogP contribution in [-0.4, -0.2) is 11.5 Å². The number of alkyl halides is 3. The minimum Gasteiger partial charge on any atom is -0.406 e. The Morgan fingerprint density at radius 2 is 1.70 bits per heavy atom. The standard InChI is InChI=1S/C15H13F3O2/c1-10-12(9-19)3-2-4-14(10)11-5-7-13(8-6-11)20-15(16,17)18/h2-8,19H,9H2,1H3. The number of hydrogen-bond acceptors (Lipinski definition) is 2. The third-order valence-electron chi connectivity index (χ3n) is 3.02. The molecule has 20 heavy (non-hydrogen) atoms. The lowest BCUT2D eigenvalue weighted by atomic mass is 9.97. The Bertz CT molecular complexity index is 589. The molecule has 2 nitrogen and oxygen atoms in total. The zero-order valence-corrected chi connectivity index (χ0v) is 10.7. The number of aliphatic hydroxyl groups excluding tert-OH is 1. The van der Waals surface area contributed by atoms with Gasteiger partial charge in [-0.3, -0.25) is 0 Å². The summed E-state index contributed by atoms with van der Waals surface area (Å²) in [5, 5.41) is 9.22. The van der Waals surface area contributed by atoms with Crippen LogP contribution in [0, 0.1) is 6.92 Å². The Morgan fingerprint density at radius 1 is 1.05 bits per heavy atom. The first-order chi connectivity index (χ1) is 9.40. The van der Waals surface area contributed by atoms with Crippen LogP contribution in [0.2, 0.25) is 0 Å². The zero-order chi connectivity index (χ0) is 14.8. The highest BCUT2D eigenvalue weighted by Gasteiger charge is 2.30. The van der Waals surface area contributed by atoms with Crippen LogP contribution in [0.5, 0.6) is 5.75 Å². The molecule has 0 aliphatic rings. The predicted octanol–water partition coefficient (Wildman–Crippen LogP) is 4.05. The molecule has 0 spiro atoms. The van der Waals surface area contributed by atoms with Gasteiger partial charge in [0.15, 0.2) is 0 Å². The van der Waals surface area contributed by atoms with E-state index in [1.807, 2.05) is 13.0 Å². The van der Waals surface area contributed by atoms with Gasteiger partial charge in [0.25, 0.3) is 0 Å². The average Bonchev–Trinajstić information content (AvgIpc) is 2.38. The maximum Gasteiger partial charge on any atom is 0.573 e. The summed E-state index contributed by atoms with van der Waals surface area (Å²) in [6.07, 6.45) is -4.69. The van der Waals surface area contributed by atoms with Gasteiger partial charge in [-0.05, 0) is 41.3 Å². The van der Waals surface area contributed by atoms with Crippen molar-refractivity contribution in [2.45, 2.75) is 19.9 Å². The average molecular weight is 282 g/mol. The summed E-state index contributed by atoms with van der Waals surface area (Å²) in [5.74, 6) is -0.253. The molecule has 0 aliphatic carbocycles. The molecular weight excluding hydrogens is 269 g/mol. The molecule has 0 heterocycles. The number of halogens is 3. The van der Waals surface area contributed by atoms with Crippen LogP contribution in [0.15, 0.2) is 42.5 Å². The first-order valence-electron chi connectivity index (χ1n) is 5.96. The molecule has 0 bridgehead atoms. The second-order valence-corrected chi connectivity index (χ2v) is 4.32. The zero-order valence-electron chi connectivity index (χ0n) is 10.7. The van der Waals surface area contributed by atoms with Crippen LogP contribution in [-0.2, 0) is 6.61 Å². The molecule has 0 amide bonds. The highest BCUT2D eigenvalue weighted by atomic mass is 19.4. The van der Waals surface area contributed by atoms with E-state index in [1.54, 1.807) is 24.3 Å². The van der Waals surface area contributed by atoms with Gasteiger partial charge in [-0.1, -0.05) is 30.3 Å². The number of rotatable bonds is 3. The Hall–Kier alpha value is -2.01. The molecule has 0 atom stereocenters. The predicted molar refractivity (Wildman–Crippen MR) is 69.2 cm³/mol. The van der Waals surface area contributed by atoms with Gasteiger partial charge in [0.05, 0.1) is 6.61 Å². The number of ether oxygens (including phenoxy) is 1. The molecule has 106 valence electrons. The minimum absolute atomic E-state index is 0.0745. The van der Waals surface area contributed by atoms with Gasteiger partial charge in [0, 0.05) is 0 Å². The second kappa shape index (κ2) is 5.54. The Morgan fingerprint density at radius 3 is 2.25 bits per heavy atom. The highest BCUT2D eigenvalue weighted by molar-refractivity contribution is 5.69. The number of aliphatic hydroxyl groups is 1. The molecule has 5 heteroatoms. The minimum atomic E-state index is -4.69. The van der Waals surface area contributed by atoms with Crippen molar-refractivity contribution in [1.29, 1.82) is 0 Å². The highest BCUT2D eigenvalue weighted by Crippen LogP contribution is 2.29. The Labute approximate surface area is 114 Å². The van der Waals surface area contributed by atoms with E-state index in [2.05, 4.69) is 4.74 Å². The van der Waals surface area contributed by atoms with Gasteiger partial charge in [-0.25, -0.2) is 0 Å². The maximum absolute atomic E-state index is 12.1. The SMILES string of the molecule is Cc1c(CO)cccc1-c1ccc(OC(F)(F)F)cc1. The molecule has 0 aliphatic heterocycles. The van der Waals surface area contributed by atoms with Crippen LogP contribution in [0.3, 0.4) is 0 Å². The lowest BCUT2D eigenvalue weighted by Crippen LogP contribution is -2.16. The summed E-state index contributed by atoms with van der Waals surface area (Å²) in [7, 11) is 0. The third-order valence-corrected chi connectivity index (χ3v) is 3.02. The van der Waals surface area contributed by atoms with Gasteiger partial charge in [-0.2, -0.15) is 0 Å². The van der Waals surface area contributed by atoms with E-state index in [-0.39, 0.29) is 12.4 Å². The molecule has 0 saturated carbocycles. The largest absolute Gasteiger partial charge is 0.573 e. The topological polar surface area (TPSA) is 29.5 Å². The van der Waals surface area contributed by atoms with Crippen LogP contribution in [0.25, 0.3) is 11.1 Å². The van der Waals surface area contributed by atoms with Gasteiger partial charge >= 0.3 is 6.36 Å². The quantitative estimate of drug-likeness (QED) is 0.920. The van der Waals surface area contributed by atoms with Gasteiger partial charge in [0.1, 0.15) is 5.75 Å². The monoisotopic (exact) mass is 282 g/mol. The van der Waals surface area contributed by atoms with Crippen molar-refractivity contribution in [3.63, 3.8) is 0 Å². The fraction of sp³-hybridized carbons (Fsp3) is 0.200. The fourth-order valence-corrected chi connectivity index (χ4v) is 2.00. The van der Waals surface area contributed by atoms with Gasteiger partial charge in [-0.15, -0.1) is 13.2 Å². The molecule has 2 rings (SSSR count). The molecule has 2 aromatic rings. The van der Waals surface area contributed by atoms with Crippen molar-refractivity contribution < 1.29 is 23.0 Å². The van der Waals surface area contributed by atoms with Gasteiger partial charge < -0.3 is 9.84 Å². The van der Waals surface area contributed by atoms with Crippen molar-refractivity contribution in [2.24, 2.45) is 0 Å². The molecule has 0 fully saturated rings. The summed E-state index contributed by atoms with van der Waals surface area (Å²) in [6.45, 7) is 1.79. The van der Waals surface area contributed by atoms with Crippen molar-refractivity contribution in [3.8, 4) is 16.9 Å². The van der Waals surface area contributed by atoms with Crippen molar-refractivity contribution in [2.75, 3.05) is 0 Å². The molecule has 0 aromatic heterocycles. The molecule has 0 radical (unpaired) electrons. The van der Waals surface area contributed by atoms with E-state index in [0.717, 1.165) is 22.3 Å². The number of benzene rings is 2. The van der Waals surface area contributed by atoms with Crippen LogP contribution < -0.4 is 4.74 Å². The normalized spacial score (nSPS) is 11.4. The number of hydrogen-bond donors (Lipinski definition) is 1. The van der Waals surface area contributed by atoms with Crippen LogP contribution in [0.4, 0.5) is 13.2 Å². The molecular formula is C15H13F3O2. The first-order valence-corrected chi connectivity index (χ1v) is 5.96. The van der Waals surface area contributed by atoms with E-state index in [9.17, 15) is 18.3 Å². The lowest BCUT2D eigenvalue weighted by molar-refractivity contribution is -0.274. The Balaban J connectivity index is 2.31. The summed E-state index contributed by atoms with van der Waals surface area (Å²) in [4.78, 5) is 0. The van der Waals surface area contributed by atoms with E-state index < -0.39 is 6.36 Å². The van der Waals surface area contributed by atoms with Crippen LogP contribution in [0.1, 0.15) is 11.1 Å².